The molecule has 0 bridgehead atoms. The second-order valence-electron chi connectivity index (χ2n) is 12.8. The van der Waals surface area contributed by atoms with Crippen LogP contribution >= 0.6 is 11.8 Å². The third kappa shape index (κ3) is 4.87. The fourth-order valence-corrected chi connectivity index (χ4v) is 10.5. The Hall–Kier alpha value is 0.0200. The van der Waals surface area contributed by atoms with E-state index in [1.807, 2.05) is 6.92 Å². The molecular formula is C30H52OS. The molecule has 0 aromatic rings. The topological polar surface area (TPSA) is 17.1 Å². The monoisotopic (exact) mass is 460 g/mol. The molecule has 4 saturated carbocycles. The molecule has 4 fully saturated rings. The predicted molar refractivity (Wildman–Crippen MR) is 140 cm³/mol. The van der Waals surface area contributed by atoms with Crippen molar-refractivity contribution in [2.24, 2.45) is 40.4 Å². The molecule has 0 radical (unpaired) electrons. The Bertz CT molecular complexity index is 630. The van der Waals surface area contributed by atoms with Crippen LogP contribution in [0.1, 0.15) is 137 Å². The van der Waals surface area contributed by atoms with Crippen molar-refractivity contribution in [3.8, 4) is 0 Å². The van der Waals surface area contributed by atoms with Crippen LogP contribution in [0.3, 0.4) is 0 Å². The molecule has 184 valence electrons. The second kappa shape index (κ2) is 10.7. The van der Waals surface area contributed by atoms with Gasteiger partial charge in [0, 0.05) is 11.7 Å². The van der Waals surface area contributed by atoms with Crippen LogP contribution in [0.4, 0.5) is 0 Å². The number of hydrogen-bond acceptors (Lipinski definition) is 2. The van der Waals surface area contributed by atoms with E-state index in [2.05, 4.69) is 20.8 Å². The molecular weight excluding hydrogens is 408 g/mol. The first-order chi connectivity index (χ1) is 15.4. The molecule has 0 saturated heterocycles. The van der Waals surface area contributed by atoms with Gasteiger partial charge in [0.1, 0.15) is 0 Å². The number of hydrogen-bond donors (Lipinski definition) is 0. The second-order valence-corrected chi connectivity index (χ2v) is 14.1. The molecule has 4 rings (SSSR count). The Labute approximate surface area is 204 Å². The summed E-state index contributed by atoms with van der Waals surface area (Å²) >= 11 is 1.69. The van der Waals surface area contributed by atoms with E-state index in [-0.39, 0.29) is 0 Å². The lowest BCUT2D eigenvalue weighted by Crippen LogP contribution is -2.53. The predicted octanol–water partition coefficient (Wildman–Crippen LogP) is 9.43. The quantitative estimate of drug-likeness (QED) is 0.319. The van der Waals surface area contributed by atoms with Gasteiger partial charge in [0.2, 0.25) is 0 Å². The summed E-state index contributed by atoms with van der Waals surface area (Å²) < 4.78 is 0. The molecule has 4 aliphatic rings. The van der Waals surface area contributed by atoms with Gasteiger partial charge in [-0.3, -0.25) is 4.79 Å². The van der Waals surface area contributed by atoms with Crippen LogP contribution in [0, 0.1) is 40.4 Å². The lowest BCUT2D eigenvalue weighted by molar-refractivity contribution is -0.112. The van der Waals surface area contributed by atoms with Crippen molar-refractivity contribution in [3.05, 3.63) is 0 Å². The van der Waals surface area contributed by atoms with Gasteiger partial charge in [-0.25, -0.2) is 0 Å². The van der Waals surface area contributed by atoms with E-state index in [0.717, 1.165) is 29.6 Å². The van der Waals surface area contributed by atoms with Crippen LogP contribution in [0.2, 0.25) is 0 Å². The summed E-state index contributed by atoms with van der Waals surface area (Å²) in [6, 6.07) is 0. The third-order valence-electron chi connectivity index (χ3n) is 11.3. The summed E-state index contributed by atoms with van der Waals surface area (Å²) in [5.74, 6) is 4.88. The number of carbonyl (C=O) groups is 1. The van der Waals surface area contributed by atoms with E-state index in [1.54, 1.807) is 11.8 Å². The standard InChI is InChI=1S/C30H52OS/c1-5-7-8-9-10-11-12-22-14-16-26-25-15-13-23-21-24(32-28(31)6-2)17-19-30(23,4)27(25)18-20-29(22,26)3/h22-27H,5-21H2,1-4H3/t22-,23+,24-,25-,26-,27-,29+,30-/m0/s1. The summed E-state index contributed by atoms with van der Waals surface area (Å²) in [6.45, 7) is 9.75. The van der Waals surface area contributed by atoms with Crippen molar-refractivity contribution in [1.82, 2.24) is 0 Å². The number of rotatable bonds is 9. The molecule has 0 spiro atoms. The first kappa shape index (κ1) is 25.1. The minimum atomic E-state index is 0.420. The summed E-state index contributed by atoms with van der Waals surface area (Å²) in [7, 11) is 0. The van der Waals surface area contributed by atoms with E-state index in [4.69, 9.17) is 0 Å². The Balaban J connectivity index is 1.35. The molecule has 1 nitrogen and oxygen atoms in total. The number of carbonyl (C=O) groups excluding carboxylic acids is 1. The molecule has 2 heteroatoms. The van der Waals surface area contributed by atoms with Crippen LogP contribution in [0.15, 0.2) is 0 Å². The third-order valence-corrected chi connectivity index (χ3v) is 12.6. The maximum atomic E-state index is 12.0. The summed E-state index contributed by atoms with van der Waals surface area (Å²) in [5.41, 5.74) is 1.21. The van der Waals surface area contributed by atoms with Crippen LogP contribution in [0.25, 0.3) is 0 Å². The maximum absolute atomic E-state index is 12.0. The minimum absolute atomic E-state index is 0.420. The lowest BCUT2D eigenvalue weighted by Gasteiger charge is -2.61. The van der Waals surface area contributed by atoms with Crippen molar-refractivity contribution in [2.75, 3.05) is 0 Å². The van der Waals surface area contributed by atoms with Gasteiger partial charge in [0.15, 0.2) is 5.12 Å². The van der Waals surface area contributed by atoms with Crippen molar-refractivity contribution in [3.63, 3.8) is 0 Å². The molecule has 8 atom stereocenters. The van der Waals surface area contributed by atoms with Crippen LogP contribution in [0.5, 0.6) is 0 Å². The van der Waals surface area contributed by atoms with Gasteiger partial charge in [-0.2, -0.15) is 0 Å². The SMILES string of the molecule is CCCCCCCC[C@H]1CC[C@H]2[C@@H]3CC[C@@H]4C[C@@H](SC(=O)CC)CC[C@]4(C)[C@H]3CC[C@]12C. The summed E-state index contributed by atoms with van der Waals surface area (Å²) in [6.07, 6.45) is 23.9. The van der Waals surface area contributed by atoms with Crippen LogP contribution < -0.4 is 0 Å². The molecule has 0 aliphatic heterocycles. The first-order valence-electron chi connectivity index (χ1n) is 14.6. The van der Waals surface area contributed by atoms with Crippen LogP contribution in [-0.4, -0.2) is 10.4 Å². The van der Waals surface area contributed by atoms with Gasteiger partial charge in [-0.1, -0.05) is 78.0 Å². The van der Waals surface area contributed by atoms with Gasteiger partial charge >= 0.3 is 0 Å². The van der Waals surface area contributed by atoms with Gasteiger partial charge < -0.3 is 0 Å². The highest BCUT2D eigenvalue weighted by atomic mass is 32.2. The summed E-state index contributed by atoms with van der Waals surface area (Å²) in [4.78, 5) is 12.0. The van der Waals surface area contributed by atoms with E-state index in [9.17, 15) is 4.79 Å². The summed E-state index contributed by atoms with van der Waals surface area (Å²) in [5, 5.41) is 1.03. The zero-order chi connectivity index (χ0) is 22.8. The zero-order valence-corrected chi connectivity index (χ0v) is 22.6. The van der Waals surface area contributed by atoms with E-state index in [1.165, 1.54) is 103 Å². The zero-order valence-electron chi connectivity index (χ0n) is 21.8. The van der Waals surface area contributed by atoms with Gasteiger partial charge in [0.05, 0.1) is 0 Å². The Morgan fingerprint density at radius 3 is 2.31 bits per heavy atom. The molecule has 0 N–H and O–H groups in total. The van der Waals surface area contributed by atoms with E-state index in [0.29, 0.717) is 27.6 Å². The smallest absolute Gasteiger partial charge is 0.188 e. The lowest BCUT2D eigenvalue weighted by atomic mass is 9.45. The fraction of sp³-hybridized carbons (Fsp3) is 0.967. The van der Waals surface area contributed by atoms with Crippen LogP contribution in [-0.2, 0) is 4.79 Å². The highest BCUT2D eigenvalue weighted by Crippen LogP contribution is 2.68. The van der Waals surface area contributed by atoms with Crippen molar-refractivity contribution < 1.29 is 4.79 Å². The van der Waals surface area contributed by atoms with E-state index < -0.39 is 0 Å². The highest BCUT2D eigenvalue weighted by Gasteiger charge is 2.59. The number of unbranched alkanes of at least 4 members (excludes halogenated alkanes) is 5. The minimum Gasteiger partial charge on any atom is -0.287 e. The molecule has 0 unspecified atom stereocenters. The molecule has 0 aromatic carbocycles. The molecule has 32 heavy (non-hydrogen) atoms. The fourth-order valence-electron chi connectivity index (χ4n) is 9.35. The van der Waals surface area contributed by atoms with Gasteiger partial charge in [-0.15, -0.1) is 0 Å². The van der Waals surface area contributed by atoms with Crippen molar-refractivity contribution >= 4 is 16.9 Å². The van der Waals surface area contributed by atoms with Crippen molar-refractivity contribution in [1.29, 1.82) is 0 Å². The molecule has 0 heterocycles. The molecule has 0 amide bonds. The molecule has 4 aliphatic carbocycles. The number of fused-ring (bicyclic) bond motifs is 5. The molecule has 0 aromatic heterocycles. The average Bonchev–Trinajstić information content (AvgIpc) is 3.12. The highest BCUT2D eigenvalue weighted by molar-refractivity contribution is 8.14. The average molecular weight is 461 g/mol. The Morgan fingerprint density at radius 1 is 0.812 bits per heavy atom. The first-order valence-corrected chi connectivity index (χ1v) is 15.5. The van der Waals surface area contributed by atoms with Gasteiger partial charge in [-0.05, 0) is 105 Å². The Kier molecular flexibility index (Phi) is 8.43. The Morgan fingerprint density at radius 2 is 1.53 bits per heavy atom. The number of thioether (sulfide) groups is 1. The normalized spacial score (nSPS) is 43.4. The van der Waals surface area contributed by atoms with E-state index >= 15 is 0 Å². The largest absolute Gasteiger partial charge is 0.287 e. The van der Waals surface area contributed by atoms with Gasteiger partial charge in [0.25, 0.3) is 0 Å². The van der Waals surface area contributed by atoms with Crippen molar-refractivity contribution in [2.45, 2.75) is 142 Å². The maximum Gasteiger partial charge on any atom is 0.188 e.